The molecule has 0 radical (unpaired) electrons. The van der Waals surface area contributed by atoms with Crippen LogP contribution in [0, 0.1) is 0 Å². The van der Waals surface area contributed by atoms with Crippen molar-refractivity contribution in [3.05, 3.63) is 29.8 Å². The van der Waals surface area contributed by atoms with E-state index in [1.165, 1.54) is 5.56 Å². The highest BCUT2D eigenvalue weighted by Crippen LogP contribution is 2.26. The molecule has 0 spiro atoms. The van der Waals surface area contributed by atoms with Crippen LogP contribution in [-0.4, -0.2) is 42.9 Å². The fourth-order valence-electron chi connectivity index (χ4n) is 2.67. The molecule has 0 aromatic heterocycles. The SMILES string of the molecule is CCN(CC)C(N)=NCC(=O)N1CCCc2ccccc21. The van der Waals surface area contributed by atoms with Crippen LogP contribution in [0.5, 0.6) is 0 Å². The molecule has 2 rings (SSSR count). The Labute approximate surface area is 126 Å². The lowest BCUT2D eigenvalue weighted by Gasteiger charge is -2.29. The van der Waals surface area contributed by atoms with Gasteiger partial charge < -0.3 is 15.5 Å². The topological polar surface area (TPSA) is 61.9 Å². The molecule has 1 aromatic rings. The van der Waals surface area contributed by atoms with Crippen LogP contribution >= 0.6 is 0 Å². The van der Waals surface area contributed by atoms with Gasteiger partial charge in [0.1, 0.15) is 6.54 Å². The predicted octanol–water partition coefficient (Wildman–Crippen LogP) is 1.62. The summed E-state index contributed by atoms with van der Waals surface area (Å²) >= 11 is 0. The number of benzene rings is 1. The summed E-state index contributed by atoms with van der Waals surface area (Å²) in [5.74, 6) is 0.455. The average molecular weight is 288 g/mol. The van der Waals surface area contributed by atoms with Gasteiger partial charge in [-0.25, -0.2) is 4.99 Å². The van der Waals surface area contributed by atoms with Crippen molar-refractivity contribution in [2.24, 2.45) is 10.7 Å². The fraction of sp³-hybridized carbons (Fsp3) is 0.500. The molecule has 0 saturated heterocycles. The fourth-order valence-corrected chi connectivity index (χ4v) is 2.67. The van der Waals surface area contributed by atoms with E-state index < -0.39 is 0 Å². The number of para-hydroxylation sites is 1. The molecule has 0 atom stereocenters. The second kappa shape index (κ2) is 7.11. The van der Waals surface area contributed by atoms with Gasteiger partial charge >= 0.3 is 0 Å². The molecular formula is C16H24N4O. The summed E-state index contributed by atoms with van der Waals surface area (Å²) in [4.78, 5) is 20.4. The zero-order valence-electron chi connectivity index (χ0n) is 12.9. The summed E-state index contributed by atoms with van der Waals surface area (Å²) in [6, 6.07) is 8.08. The van der Waals surface area contributed by atoms with Crippen LogP contribution in [0.25, 0.3) is 0 Å². The Morgan fingerprint density at radius 3 is 2.76 bits per heavy atom. The number of fused-ring (bicyclic) bond motifs is 1. The van der Waals surface area contributed by atoms with Crippen LogP contribution in [-0.2, 0) is 11.2 Å². The number of guanidine groups is 1. The highest BCUT2D eigenvalue weighted by Gasteiger charge is 2.21. The predicted molar refractivity (Wildman–Crippen MR) is 86.5 cm³/mol. The molecule has 1 amide bonds. The van der Waals surface area contributed by atoms with E-state index in [-0.39, 0.29) is 12.5 Å². The number of nitrogens with two attached hydrogens (primary N) is 1. The molecule has 0 fully saturated rings. The first-order valence-electron chi connectivity index (χ1n) is 7.60. The largest absolute Gasteiger partial charge is 0.370 e. The second-order valence-corrected chi connectivity index (χ2v) is 5.12. The van der Waals surface area contributed by atoms with Crippen LogP contribution in [0.15, 0.2) is 29.3 Å². The quantitative estimate of drug-likeness (QED) is 0.676. The zero-order chi connectivity index (χ0) is 15.2. The molecule has 0 unspecified atom stereocenters. The minimum absolute atomic E-state index is 0.0113. The molecule has 5 heteroatoms. The van der Waals surface area contributed by atoms with E-state index in [9.17, 15) is 4.79 Å². The number of nitrogens with zero attached hydrogens (tertiary/aromatic N) is 3. The molecule has 2 N–H and O–H groups in total. The van der Waals surface area contributed by atoms with Gasteiger partial charge in [0.25, 0.3) is 0 Å². The van der Waals surface area contributed by atoms with E-state index in [4.69, 9.17) is 5.73 Å². The van der Waals surface area contributed by atoms with Crippen LogP contribution in [0.4, 0.5) is 5.69 Å². The third kappa shape index (κ3) is 3.54. The summed E-state index contributed by atoms with van der Waals surface area (Å²) in [7, 11) is 0. The van der Waals surface area contributed by atoms with E-state index >= 15 is 0 Å². The van der Waals surface area contributed by atoms with Gasteiger partial charge in [0, 0.05) is 25.3 Å². The number of amides is 1. The van der Waals surface area contributed by atoms with E-state index in [0.29, 0.717) is 5.96 Å². The maximum absolute atomic E-state index is 12.4. The molecule has 1 aliphatic rings. The Morgan fingerprint density at radius 1 is 1.33 bits per heavy atom. The van der Waals surface area contributed by atoms with Crippen LogP contribution < -0.4 is 10.6 Å². The number of carbonyl (C=O) groups excluding carboxylic acids is 1. The average Bonchev–Trinajstić information content (AvgIpc) is 2.53. The Bertz CT molecular complexity index is 523. The molecule has 5 nitrogen and oxygen atoms in total. The lowest BCUT2D eigenvalue weighted by atomic mass is 10.0. The first kappa shape index (κ1) is 15.4. The van der Waals surface area contributed by atoms with Crippen molar-refractivity contribution in [2.45, 2.75) is 26.7 Å². The van der Waals surface area contributed by atoms with Crippen molar-refractivity contribution in [1.29, 1.82) is 0 Å². The maximum Gasteiger partial charge on any atom is 0.248 e. The van der Waals surface area contributed by atoms with Gasteiger partial charge in [-0.3, -0.25) is 4.79 Å². The molecule has 21 heavy (non-hydrogen) atoms. The first-order valence-corrected chi connectivity index (χ1v) is 7.60. The minimum Gasteiger partial charge on any atom is -0.370 e. The summed E-state index contributed by atoms with van der Waals surface area (Å²) in [5.41, 5.74) is 8.17. The number of aliphatic imine (C=N–C) groups is 1. The van der Waals surface area contributed by atoms with Gasteiger partial charge in [-0.1, -0.05) is 18.2 Å². The van der Waals surface area contributed by atoms with Gasteiger partial charge in [-0.15, -0.1) is 0 Å². The van der Waals surface area contributed by atoms with E-state index in [1.54, 1.807) is 0 Å². The van der Waals surface area contributed by atoms with E-state index in [1.807, 2.05) is 41.8 Å². The maximum atomic E-state index is 12.4. The number of carbonyl (C=O) groups is 1. The van der Waals surface area contributed by atoms with Gasteiger partial charge in [0.15, 0.2) is 5.96 Å². The first-order chi connectivity index (χ1) is 10.2. The highest BCUT2D eigenvalue weighted by molar-refractivity contribution is 5.97. The molecule has 0 aliphatic carbocycles. The number of rotatable bonds is 4. The van der Waals surface area contributed by atoms with Gasteiger partial charge in [0.2, 0.25) is 5.91 Å². The number of hydrogen-bond acceptors (Lipinski definition) is 2. The van der Waals surface area contributed by atoms with Crippen molar-refractivity contribution in [3.63, 3.8) is 0 Å². The second-order valence-electron chi connectivity index (χ2n) is 5.12. The van der Waals surface area contributed by atoms with Gasteiger partial charge in [-0.05, 0) is 38.3 Å². The molecular weight excluding hydrogens is 264 g/mol. The number of aryl methyl sites for hydroxylation is 1. The molecule has 1 heterocycles. The van der Waals surface area contributed by atoms with E-state index in [0.717, 1.165) is 38.2 Å². The number of anilines is 1. The molecule has 0 bridgehead atoms. The van der Waals surface area contributed by atoms with Gasteiger partial charge in [0.05, 0.1) is 0 Å². The molecule has 114 valence electrons. The third-order valence-corrected chi connectivity index (χ3v) is 3.88. The molecule has 1 aliphatic heterocycles. The standard InChI is InChI=1S/C16H24N4O/c1-3-19(4-2)16(17)18-12-15(21)20-11-7-9-13-8-5-6-10-14(13)20/h5-6,8,10H,3-4,7,9,11-12H2,1-2H3,(H2,17,18). The third-order valence-electron chi connectivity index (χ3n) is 3.88. The lowest BCUT2D eigenvalue weighted by Crippen LogP contribution is -2.40. The monoisotopic (exact) mass is 288 g/mol. The highest BCUT2D eigenvalue weighted by atomic mass is 16.2. The van der Waals surface area contributed by atoms with Crippen molar-refractivity contribution < 1.29 is 4.79 Å². The van der Waals surface area contributed by atoms with Crippen molar-refractivity contribution in [2.75, 3.05) is 31.1 Å². The smallest absolute Gasteiger partial charge is 0.248 e. The molecule has 0 saturated carbocycles. The van der Waals surface area contributed by atoms with Crippen LogP contribution in [0.3, 0.4) is 0 Å². The summed E-state index contributed by atoms with van der Waals surface area (Å²) in [6.45, 7) is 6.51. The summed E-state index contributed by atoms with van der Waals surface area (Å²) in [6.07, 6.45) is 2.03. The summed E-state index contributed by atoms with van der Waals surface area (Å²) < 4.78 is 0. The Balaban J connectivity index is 2.07. The molecule has 1 aromatic carbocycles. The van der Waals surface area contributed by atoms with E-state index in [2.05, 4.69) is 11.1 Å². The number of hydrogen-bond donors (Lipinski definition) is 1. The Morgan fingerprint density at radius 2 is 2.05 bits per heavy atom. The van der Waals surface area contributed by atoms with Crippen molar-refractivity contribution >= 4 is 17.6 Å². The Hall–Kier alpha value is -2.04. The van der Waals surface area contributed by atoms with Gasteiger partial charge in [-0.2, -0.15) is 0 Å². The van der Waals surface area contributed by atoms with Crippen LogP contribution in [0.1, 0.15) is 25.8 Å². The van der Waals surface area contributed by atoms with Crippen molar-refractivity contribution in [1.82, 2.24) is 4.90 Å². The normalized spacial score (nSPS) is 14.8. The Kier molecular flexibility index (Phi) is 5.20. The minimum atomic E-state index is 0.0113. The van der Waals surface area contributed by atoms with Crippen LogP contribution in [0.2, 0.25) is 0 Å². The zero-order valence-corrected chi connectivity index (χ0v) is 12.9. The summed E-state index contributed by atoms with van der Waals surface area (Å²) in [5, 5.41) is 0. The van der Waals surface area contributed by atoms with Crippen molar-refractivity contribution in [3.8, 4) is 0 Å². The lowest BCUT2D eigenvalue weighted by molar-refractivity contribution is -0.117.